The molecule has 0 saturated carbocycles. The summed E-state index contributed by atoms with van der Waals surface area (Å²) >= 11 is 1.56. The molecule has 0 aliphatic carbocycles. The molecule has 0 spiro atoms. The van der Waals surface area contributed by atoms with Crippen molar-refractivity contribution in [2.75, 3.05) is 18.6 Å². The highest BCUT2D eigenvalue weighted by Gasteiger charge is 2.20. The fourth-order valence-corrected chi connectivity index (χ4v) is 2.12. The van der Waals surface area contributed by atoms with E-state index in [0.29, 0.717) is 18.6 Å². The second kappa shape index (κ2) is 10.4. The monoisotopic (exact) mass is 305 g/mol. The molecule has 0 aliphatic heterocycles. The minimum absolute atomic E-state index is 0.00943. The average Bonchev–Trinajstić information content (AvgIpc) is 2.38. The van der Waals surface area contributed by atoms with Crippen LogP contribution in [0.2, 0.25) is 0 Å². The Morgan fingerprint density at radius 3 is 2.45 bits per heavy atom. The Morgan fingerprint density at radius 1 is 1.35 bits per heavy atom. The predicted octanol–water partition coefficient (Wildman–Crippen LogP) is 0.394. The van der Waals surface area contributed by atoms with Crippen molar-refractivity contribution in [3.05, 3.63) is 0 Å². The summed E-state index contributed by atoms with van der Waals surface area (Å²) in [5.41, 5.74) is 5.04. The second-order valence-electron chi connectivity index (χ2n) is 4.46. The lowest BCUT2D eigenvalue weighted by Gasteiger charge is -2.19. The molecule has 0 rings (SSSR count). The van der Waals surface area contributed by atoms with Gasteiger partial charge < -0.3 is 21.5 Å². The zero-order valence-corrected chi connectivity index (χ0v) is 12.7. The maximum Gasteiger partial charge on any atom is 0.312 e. The first-order valence-electron chi connectivity index (χ1n) is 6.45. The number of primary amides is 1. The van der Waals surface area contributed by atoms with E-state index in [1.165, 1.54) is 0 Å². The second-order valence-corrected chi connectivity index (χ2v) is 5.45. The number of nitrogens with two attached hydrogens (primary N) is 1. The minimum atomic E-state index is -0.889. The molecule has 7 nitrogen and oxygen atoms in total. The molecule has 0 saturated heterocycles. The van der Waals surface area contributed by atoms with Crippen molar-refractivity contribution in [3.8, 4) is 0 Å². The summed E-state index contributed by atoms with van der Waals surface area (Å²) in [5, 5.41) is 13.8. The van der Waals surface area contributed by atoms with Gasteiger partial charge in [0, 0.05) is 13.0 Å². The zero-order valence-electron chi connectivity index (χ0n) is 11.8. The quantitative estimate of drug-likeness (QED) is 0.465. The highest BCUT2D eigenvalue weighted by molar-refractivity contribution is 7.98. The fourth-order valence-electron chi connectivity index (χ4n) is 1.65. The van der Waals surface area contributed by atoms with E-state index < -0.39 is 18.0 Å². The molecule has 3 amide bonds. The van der Waals surface area contributed by atoms with E-state index in [4.69, 9.17) is 10.8 Å². The average molecular weight is 305 g/mol. The molecule has 116 valence electrons. The van der Waals surface area contributed by atoms with E-state index in [-0.39, 0.29) is 24.8 Å². The molecular formula is C12H23N3O4S. The molecule has 0 fully saturated rings. The molecule has 8 heteroatoms. The first-order chi connectivity index (χ1) is 9.40. The molecule has 0 heterocycles. The van der Waals surface area contributed by atoms with Gasteiger partial charge in [0.25, 0.3) is 0 Å². The standard InChI is InChI=1S/C12H23N3O4S/c1-3-8(6-10(16)17)7-14-11(18)9(4-5-20-2)15-12(13)19/h8-9H,3-7H2,1-2H3,(H,14,18)(H,16,17)(H3,13,15,19). The van der Waals surface area contributed by atoms with Crippen molar-refractivity contribution in [1.29, 1.82) is 0 Å². The van der Waals surface area contributed by atoms with E-state index in [9.17, 15) is 14.4 Å². The Labute approximate surface area is 123 Å². The van der Waals surface area contributed by atoms with Gasteiger partial charge in [-0.3, -0.25) is 9.59 Å². The largest absolute Gasteiger partial charge is 0.481 e. The number of carbonyl (C=O) groups excluding carboxylic acids is 2. The van der Waals surface area contributed by atoms with Gasteiger partial charge in [-0.25, -0.2) is 4.79 Å². The fraction of sp³-hybridized carbons (Fsp3) is 0.750. The third-order valence-corrected chi connectivity index (χ3v) is 3.49. The van der Waals surface area contributed by atoms with Crippen molar-refractivity contribution in [3.63, 3.8) is 0 Å². The maximum absolute atomic E-state index is 12.0. The first-order valence-corrected chi connectivity index (χ1v) is 7.84. The summed E-state index contributed by atoms with van der Waals surface area (Å²) < 4.78 is 0. The molecule has 0 radical (unpaired) electrons. The lowest BCUT2D eigenvalue weighted by Crippen LogP contribution is -2.49. The Hall–Kier alpha value is -1.44. The van der Waals surface area contributed by atoms with Crippen LogP contribution in [0.5, 0.6) is 0 Å². The maximum atomic E-state index is 12.0. The summed E-state index contributed by atoms with van der Waals surface area (Å²) in [6, 6.07) is -1.42. The molecule has 2 atom stereocenters. The summed E-state index contributed by atoms with van der Waals surface area (Å²) in [7, 11) is 0. The summed E-state index contributed by atoms with van der Waals surface area (Å²) in [6.45, 7) is 2.14. The van der Waals surface area contributed by atoms with Crippen molar-refractivity contribution < 1.29 is 19.5 Å². The van der Waals surface area contributed by atoms with Crippen LogP contribution < -0.4 is 16.4 Å². The van der Waals surface area contributed by atoms with Crippen LogP contribution in [0.1, 0.15) is 26.2 Å². The summed E-state index contributed by atoms with van der Waals surface area (Å²) in [5.74, 6) is -0.627. The molecule has 2 unspecified atom stereocenters. The number of thioether (sulfide) groups is 1. The van der Waals surface area contributed by atoms with Gasteiger partial charge in [-0.05, 0) is 24.3 Å². The highest BCUT2D eigenvalue weighted by atomic mass is 32.2. The van der Waals surface area contributed by atoms with Crippen LogP contribution in [0.3, 0.4) is 0 Å². The Balaban J connectivity index is 4.35. The number of hydrogen-bond donors (Lipinski definition) is 4. The first kappa shape index (κ1) is 18.6. The number of carboxylic acid groups (broad SMARTS) is 1. The van der Waals surface area contributed by atoms with Crippen LogP contribution in [-0.2, 0) is 9.59 Å². The number of carboxylic acids is 1. The van der Waals surface area contributed by atoms with Gasteiger partial charge in [0.05, 0.1) is 0 Å². The van der Waals surface area contributed by atoms with Crippen LogP contribution in [0, 0.1) is 5.92 Å². The van der Waals surface area contributed by atoms with Crippen LogP contribution >= 0.6 is 11.8 Å². The number of hydrogen-bond acceptors (Lipinski definition) is 4. The molecule has 0 aromatic rings. The molecule has 0 bridgehead atoms. The third-order valence-electron chi connectivity index (χ3n) is 2.85. The molecule has 0 aromatic heterocycles. The van der Waals surface area contributed by atoms with Crippen LogP contribution in [0.4, 0.5) is 4.79 Å². The van der Waals surface area contributed by atoms with Gasteiger partial charge in [-0.1, -0.05) is 13.3 Å². The summed E-state index contributed by atoms with van der Waals surface area (Å²) in [4.78, 5) is 33.5. The van der Waals surface area contributed by atoms with Crippen molar-refractivity contribution in [1.82, 2.24) is 10.6 Å². The highest BCUT2D eigenvalue weighted by Crippen LogP contribution is 2.07. The number of urea groups is 1. The van der Waals surface area contributed by atoms with Gasteiger partial charge >= 0.3 is 12.0 Å². The number of aliphatic carboxylic acids is 1. The van der Waals surface area contributed by atoms with E-state index in [1.54, 1.807) is 11.8 Å². The van der Waals surface area contributed by atoms with E-state index >= 15 is 0 Å². The van der Waals surface area contributed by atoms with Gasteiger partial charge in [-0.15, -0.1) is 0 Å². The van der Waals surface area contributed by atoms with E-state index in [2.05, 4.69) is 10.6 Å². The Bertz CT molecular complexity index is 339. The number of amides is 3. The normalized spacial score (nSPS) is 13.3. The van der Waals surface area contributed by atoms with E-state index in [0.717, 1.165) is 0 Å². The lowest BCUT2D eigenvalue weighted by atomic mass is 10.0. The van der Waals surface area contributed by atoms with Gasteiger partial charge in [0.15, 0.2) is 0 Å². The predicted molar refractivity (Wildman–Crippen MR) is 78.5 cm³/mol. The molecule has 20 heavy (non-hydrogen) atoms. The number of rotatable bonds is 10. The third kappa shape index (κ3) is 8.63. The number of carbonyl (C=O) groups is 3. The van der Waals surface area contributed by atoms with Crippen LogP contribution in [0.25, 0.3) is 0 Å². The molecule has 0 aromatic carbocycles. The zero-order chi connectivity index (χ0) is 15.5. The smallest absolute Gasteiger partial charge is 0.312 e. The topological polar surface area (TPSA) is 122 Å². The van der Waals surface area contributed by atoms with Crippen molar-refractivity contribution in [2.45, 2.75) is 32.2 Å². The van der Waals surface area contributed by atoms with Crippen LogP contribution in [-0.4, -0.2) is 47.6 Å². The van der Waals surface area contributed by atoms with E-state index in [1.807, 2.05) is 13.2 Å². The van der Waals surface area contributed by atoms with Gasteiger partial charge in [-0.2, -0.15) is 11.8 Å². The molecule has 5 N–H and O–H groups in total. The summed E-state index contributed by atoms with van der Waals surface area (Å²) in [6.07, 6.45) is 3.05. The Morgan fingerprint density at radius 2 is 2.00 bits per heavy atom. The van der Waals surface area contributed by atoms with Crippen molar-refractivity contribution >= 4 is 29.7 Å². The van der Waals surface area contributed by atoms with Crippen LogP contribution in [0.15, 0.2) is 0 Å². The van der Waals surface area contributed by atoms with Crippen molar-refractivity contribution in [2.24, 2.45) is 11.7 Å². The minimum Gasteiger partial charge on any atom is -0.481 e. The van der Waals surface area contributed by atoms with Gasteiger partial charge in [0.1, 0.15) is 6.04 Å². The number of nitrogens with one attached hydrogen (secondary N) is 2. The SMILES string of the molecule is CCC(CNC(=O)C(CCSC)NC(N)=O)CC(=O)O. The molecule has 0 aliphatic rings. The van der Waals surface area contributed by atoms with Gasteiger partial charge in [0.2, 0.25) is 5.91 Å². The molecular weight excluding hydrogens is 282 g/mol. The Kier molecular flexibility index (Phi) is 9.61. The lowest BCUT2D eigenvalue weighted by molar-refractivity contribution is -0.138.